The summed E-state index contributed by atoms with van der Waals surface area (Å²) >= 11 is 1.89. The lowest BCUT2D eigenvalue weighted by atomic mass is 9.94. The summed E-state index contributed by atoms with van der Waals surface area (Å²) in [6.07, 6.45) is 0. The van der Waals surface area contributed by atoms with E-state index in [1.165, 1.54) is 16.3 Å². The summed E-state index contributed by atoms with van der Waals surface area (Å²) in [7, 11) is 0. The van der Waals surface area contributed by atoms with Crippen molar-refractivity contribution in [2.24, 2.45) is 4.99 Å². The molecule has 2 aliphatic rings. The third-order valence-electron chi connectivity index (χ3n) is 3.98. The van der Waals surface area contributed by atoms with E-state index in [9.17, 15) is 0 Å². The highest BCUT2D eigenvalue weighted by molar-refractivity contribution is 8.14. The van der Waals surface area contributed by atoms with Gasteiger partial charge in [0.25, 0.3) is 0 Å². The van der Waals surface area contributed by atoms with Gasteiger partial charge in [0.1, 0.15) is 6.04 Å². The van der Waals surface area contributed by atoms with E-state index in [-0.39, 0.29) is 6.04 Å². The van der Waals surface area contributed by atoms with Crippen molar-refractivity contribution in [3.63, 3.8) is 0 Å². The number of benzene rings is 2. The SMILES string of the molecule is c1ccc(C2N=C3SCCN3C2c2ccccc2)cc1. The molecule has 1 fully saturated rings. The first-order chi connectivity index (χ1) is 9.93. The molecule has 2 unspecified atom stereocenters. The molecule has 0 aromatic heterocycles. The van der Waals surface area contributed by atoms with Crippen molar-refractivity contribution in [2.75, 3.05) is 12.3 Å². The average molecular weight is 280 g/mol. The first-order valence-corrected chi connectivity index (χ1v) is 7.99. The minimum Gasteiger partial charge on any atom is -0.341 e. The van der Waals surface area contributed by atoms with Crippen molar-refractivity contribution in [2.45, 2.75) is 12.1 Å². The fourth-order valence-corrected chi connectivity index (χ4v) is 4.09. The van der Waals surface area contributed by atoms with Gasteiger partial charge in [0.2, 0.25) is 0 Å². The van der Waals surface area contributed by atoms with Crippen LogP contribution < -0.4 is 0 Å². The second kappa shape index (κ2) is 4.98. The zero-order valence-corrected chi connectivity index (χ0v) is 12.0. The van der Waals surface area contributed by atoms with Gasteiger partial charge in [0.05, 0.1) is 6.04 Å². The molecule has 0 N–H and O–H groups in total. The number of nitrogens with zero attached hydrogens (tertiary/aromatic N) is 2. The fourth-order valence-electron chi connectivity index (χ4n) is 3.06. The first-order valence-electron chi connectivity index (χ1n) is 7.00. The Labute approximate surface area is 123 Å². The van der Waals surface area contributed by atoms with Crippen molar-refractivity contribution in [3.05, 3.63) is 71.8 Å². The van der Waals surface area contributed by atoms with Crippen LogP contribution in [-0.4, -0.2) is 22.4 Å². The van der Waals surface area contributed by atoms with Crippen LogP contribution in [0.3, 0.4) is 0 Å². The lowest BCUT2D eigenvalue weighted by Gasteiger charge is -2.27. The largest absolute Gasteiger partial charge is 0.341 e. The molecule has 1 saturated heterocycles. The molecule has 0 spiro atoms. The van der Waals surface area contributed by atoms with Crippen LogP contribution >= 0.6 is 11.8 Å². The van der Waals surface area contributed by atoms with Crippen molar-refractivity contribution >= 4 is 16.9 Å². The van der Waals surface area contributed by atoms with Crippen molar-refractivity contribution < 1.29 is 0 Å². The van der Waals surface area contributed by atoms with Gasteiger partial charge in [-0.3, -0.25) is 4.99 Å². The molecular weight excluding hydrogens is 264 g/mol. The lowest BCUT2D eigenvalue weighted by molar-refractivity contribution is 0.335. The van der Waals surface area contributed by atoms with E-state index in [0.717, 1.165) is 12.3 Å². The van der Waals surface area contributed by atoms with E-state index in [1.807, 2.05) is 11.8 Å². The second-order valence-electron chi connectivity index (χ2n) is 5.16. The monoisotopic (exact) mass is 280 g/mol. The number of rotatable bonds is 2. The van der Waals surface area contributed by atoms with E-state index in [1.54, 1.807) is 0 Å². The van der Waals surface area contributed by atoms with E-state index in [2.05, 4.69) is 65.6 Å². The molecule has 0 saturated carbocycles. The maximum absolute atomic E-state index is 4.98. The number of hydrogen-bond donors (Lipinski definition) is 0. The van der Waals surface area contributed by atoms with E-state index in [4.69, 9.17) is 4.99 Å². The molecule has 0 radical (unpaired) electrons. The molecule has 0 aliphatic carbocycles. The second-order valence-corrected chi connectivity index (χ2v) is 6.23. The highest BCUT2D eigenvalue weighted by atomic mass is 32.2. The molecule has 2 nitrogen and oxygen atoms in total. The Morgan fingerprint density at radius 2 is 1.55 bits per heavy atom. The predicted molar refractivity (Wildman–Crippen MR) is 85.0 cm³/mol. The molecular formula is C17H16N2S. The summed E-state index contributed by atoms with van der Waals surface area (Å²) in [6.45, 7) is 1.10. The van der Waals surface area contributed by atoms with Crippen LogP contribution in [-0.2, 0) is 0 Å². The number of amidine groups is 1. The lowest BCUT2D eigenvalue weighted by Crippen LogP contribution is -2.27. The van der Waals surface area contributed by atoms with E-state index < -0.39 is 0 Å². The summed E-state index contributed by atoms with van der Waals surface area (Å²) in [5.74, 6) is 1.16. The minimum absolute atomic E-state index is 0.224. The van der Waals surface area contributed by atoms with Gasteiger partial charge in [0, 0.05) is 12.3 Å². The predicted octanol–water partition coefficient (Wildman–Crippen LogP) is 3.89. The molecule has 2 aromatic carbocycles. The Hall–Kier alpha value is -1.74. The third kappa shape index (κ3) is 1.93. The van der Waals surface area contributed by atoms with E-state index >= 15 is 0 Å². The molecule has 2 heterocycles. The molecule has 0 bridgehead atoms. The molecule has 2 aliphatic heterocycles. The number of aliphatic imine (C=N–C) groups is 1. The Kier molecular flexibility index (Phi) is 3.00. The Morgan fingerprint density at radius 1 is 0.900 bits per heavy atom. The molecule has 2 aromatic rings. The zero-order valence-electron chi connectivity index (χ0n) is 11.1. The van der Waals surface area contributed by atoms with Gasteiger partial charge in [-0.05, 0) is 11.1 Å². The standard InChI is InChI=1S/C17H16N2S/c1-3-7-13(8-4-1)15-16(14-9-5-2-6-10-14)19-11-12-20-17(19)18-15/h1-10,15-16H,11-12H2. The van der Waals surface area contributed by atoms with Gasteiger partial charge in [-0.2, -0.15) is 0 Å². The normalized spacial score (nSPS) is 24.6. The van der Waals surface area contributed by atoms with Gasteiger partial charge < -0.3 is 4.90 Å². The van der Waals surface area contributed by atoms with Gasteiger partial charge in [0.15, 0.2) is 5.17 Å². The van der Waals surface area contributed by atoms with Crippen LogP contribution in [0.2, 0.25) is 0 Å². The van der Waals surface area contributed by atoms with Crippen LogP contribution in [0.1, 0.15) is 23.2 Å². The average Bonchev–Trinajstić information content (AvgIpc) is 3.09. The van der Waals surface area contributed by atoms with Gasteiger partial charge >= 0.3 is 0 Å². The summed E-state index contributed by atoms with van der Waals surface area (Å²) in [4.78, 5) is 7.45. The van der Waals surface area contributed by atoms with E-state index in [0.29, 0.717) is 6.04 Å². The maximum atomic E-state index is 4.98. The van der Waals surface area contributed by atoms with Gasteiger partial charge in [-0.25, -0.2) is 0 Å². The summed E-state index contributed by atoms with van der Waals surface area (Å²) in [5, 5.41) is 1.22. The third-order valence-corrected chi connectivity index (χ3v) is 4.96. The summed E-state index contributed by atoms with van der Waals surface area (Å²) in [5.41, 5.74) is 2.67. The highest BCUT2D eigenvalue weighted by Crippen LogP contribution is 2.46. The first kappa shape index (κ1) is 12.0. The smallest absolute Gasteiger partial charge is 0.160 e. The summed E-state index contributed by atoms with van der Waals surface area (Å²) in [6, 6.07) is 22.0. The number of hydrogen-bond acceptors (Lipinski definition) is 3. The van der Waals surface area contributed by atoms with Crippen LogP contribution in [0.25, 0.3) is 0 Å². The number of thioether (sulfide) groups is 1. The Morgan fingerprint density at radius 3 is 2.25 bits per heavy atom. The molecule has 2 atom stereocenters. The highest BCUT2D eigenvalue weighted by Gasteiger charge is 2.40. The molecule has 4 rings (SSSR count). The minimum atomic E-state index is 0.224. The zero-order chi connectivity index (χ0) is 13.4. The van der Waals surface area contributed by atoms with Crippen LogP contribution in [0.4, 0.5) is 0 Å². The molecule has 3 heteroatoms. The van der Waals surface area contributed by atoms with Crippen molar-refractivity contribution in [1.29, 1.82) is 0 Å². The summed E-state index contributed by atoms with van der Waals surface area (Å²) < 4.78 is 0. The fraction of sp³-hybridized carbons (Fsp3) is 0.235. The quantitative estimate of drug-likeness (QED) is 0.829. The topological polar surface area (TPSA) is 15.6 Å². The molecule has 20 heavy (non-hydrogen) atoms. The van der Waals surface area contributed by atoms with Crippen LogP contribution in [0, 0.1) is 0 Å². The number of fused-ring (bicyclic) bond motifs is 1. The van der Waals surface area contributed by atoms with Crippen LogP contribution in [0.5, 0.6) is 0 Å². The van der Waals surface area contributed by atoms with Gasteiger partial charge in [-0.15, -0.1) is 0 Å². The molecule has 100 valence electrons. The molecule has 0 amide bonds. The Balaban J connectivity index is 1.78. The van der Waals surface area contributed by atoms with Crippen molar-refractivity contribution in [1.82, 2.24) is 4.90 Å². The van der Waals surface area contributed by atoms with Gasteiger partial charge in [-0.1, -0.05) is 72.4 Å². The maximum Gasteiger partial charge on any atom is 0.160 e. The van der Waals surface area contributed by atoms with Crippen LogP contribution in [0.15, 0.2) is 65.7 Å². The Bertz CT molecular complexity index is 624. The van der Waals surface area contributed by atoms with Crippen molar-refractivity contribution in [3.8, 4) is 0 Å².